The van der Waals surface area contributed by atoms with E-state index in [9.17, 15) is 4.79 Å². The molecule has 0 aliphatic carbocycles. The lowest BCUT2D eigenvalue weighted by atomic mass is 10.2. The van der Waals surface area contributed by atoms with Crippen LogP contribution in [-0.4, -0.2) is 26.0 Å². The van der Waals surface area contributed by atoms with Crippen LogP contribution in [0.1, 0.15) is 19.3 Å². The second kappa shape index (κ2) is 7.47. The molecule has 2 N–H and O–H groups in total. The first kappa shape index (κ1) is 15.1. The fraction of sp³-hybridized carbons (Fsp3) is 0.462. The Morgan fingerprint density at radius 1 is 1.45 bits per heavy atom. The van der Waals surface area contributed by atoms with Crippen molar-refractivity contribution in [1.29, 1.82) is 0 Å². The highest BCUT2D eigenvalue weighted by atomic mass is 79.9. The lowest BCUT2D eigenvalue weighted by Gasteiger charge is -2.22. The lowest BCUT2D eigenvalue weighted by Crippen LogP contribution is -2.35. The Hall–Kier alpha value is -1.31. The maximum absolute atomic E-state index is 11.8. The molecule has 2 amide bonds. The van der Waals surface area contributed by atoms with Gasteiger partial charge in [0.15, 0.2) is 6.29 Å². The molecule has 1 unspecified atom stereocenters. The van der Waals surface area contributed by atoms with Gasteiger partial charge in [-0.15, -0.1) is 0 Å². The SMILES string of the molecule is COc1ccc(Br)cc1NC(=O)NOC1CCCCO1. The van der Waals surface area contributed by atoms with E-state index in [0.717, 1.165) is 23.7 Å². The number of benzene rings is 1. The van der Waals surface area contributed by atoms with E-state index in [1.165, 1.54) is 0 Å². The first-order valence-electron chi connectivity index (χ1n) is 6.37. The fourth-order valence-electron chi connectivity index (χ4n) is 1.85. The molecule has 7 heteroatoms. The van der Waals surface area contributed by atoms with Gasteiger partial charge in [-0.25, -0.2) is 15.1 Å². The molecule has 0 saturated carbocycles. The lowest BCUT2D eigenvalue weighted by molar-refractivity contribution is -0.185. The number of urea groups is 1. The van der Waals surface area contributed by atoms with Crippen LogP contribution >= 0.6 is 15.9 Å². The Morgan fingerprint density at radius 2 is 2.30 bits per heavy atom. The van der Waals surface area contributed by atoms with Gasteiger partial charge in [0.25, 0.3) is 0 Å². The summed E-state index contributed by atoms with van der Waals surface area (Å²) in [5.74, 6) is 0.567. The molecule has 1 aliphatic heterocycles. The first-order valence-corrected chi connectivity index (χ1v) is 7.16. The third kappa shape index (κ3) is 4.36. The van der Waals surface area contributed by atoms with Crippen molar-refractivity contribution in [2.24, 2.45) is 0 Å². The highest BCUT2D eigenvalue weighted by molar-refractivity contribution is 9.10. The molecule has 6 nitrogen and oxygen atoms in total. The monoisotopic (exact) mass is 344 g/mol. The van der Waals surface area contributed by atoms with Gasteiger partial charge in [0.05, 0.1) is 12.8 Å². The zero-order valence-corrected chi connectivity index (χ0v) is 12.7. The summed E-state index contributed by atoms with van der Waals surface area (Å²) >= 11 is 3.34. The van der Waals surface area contributed by atoms with E-state index in [2.05, 4.69) is 26.7 Å². The molecular formula is C13H17BrN2O4. The predicted molar refractivity (Wildman–Crippen MR) is 77.5 cm³/mol. The number of amides is 2. The van der Waals surface area contributed by atoms with Crippen LogP contribution in [-0.2, 0) is 9.57 Å². The molecule has 20 heavy (non-hydrogen) atoms. The number of halogens is 1. The Kier molecular flexibility index (Phi) is 5.63. The predicted octanol–water partition coefficient (Wildman–Crippen LogP) is 3.04. The van der Waals surface area contributed by atoms with Crippen LogP contribution in [0, 0.1) is 0 Å². The van der Waals surface area contributed by atoms with Crippen LogP contribution in [0.3, 0.4) is 0 Å². The fourth-order valence-corrected chi connectivity index (χ4v) is 2.21. The molecule has 2 rings (SSSR count). The molecule has 0 bridgehead atoms. The summed E-state index contributed by atoms with van der Waals surface area (Å²) in [6.45, 7) is 0.660. The van der Waals surface area contributed by atoms with E-state index in [0.29, 0.717) is 18.0 Å². The zero-order valence-electron chi connectivity index (χ0n) is 11.1. The Labute approximate surface area is 125 Å². The summed E-state index contributed by atoms with van der Waals surface area (Å²) in [5.41, 5.74) is 2.87. The van der Waals surface area contributed by atoms with E-state index in [1.807, 2.05) is 6.07 Å². The second-order valence-corrected chi connectivity index (χ2v) is 5.23. The number of hydrogen-bond acceptors (Lipinski definition) is 4. The molecule has 1 saturated heterocycles. The van der Waals surface area contributed by atoms with Crippen LogP contribution in [0.2, 0.25) is 0 Å². The Bertz CT molecular complexity index is 464. The highest BCUT2D eigenvalue weighted by Crippen LogP contribution is 2.27. The minimum atomic E-state index is -0.476. The van der Waals surface area contributed by atoms with Crippen molar-refractivity contribution in [3.8, 4) is 5.75 Å². The molecule has 1 atom stereocenters. The molecule has 1 fully saturated rings. The third-order valence-electron chi connectivity index (χ3n) is 2.83. The van der Waals surface area contributed by atoms with Crippen LogP contribution < -0.4 is 15.5 Å². The highest BCUT2D eigenvalue weighted by Gasteiger charge is 2.16. The summed E-state index contributed by atoms with van der Waals surface area (Å²) < 4.78 is 11.4. The summed E-state index contributed by atoms with van der Waals surface area (Å²) in [5, 5.41) is 2.66. The van der Waals surface area contributed by atoms with Crippen molar-refractivity contribution < 1.29 is 19.1 Å². The largest absolute Gasteiger partial charge is 0.495 e. The van der Waals surface area contributed by atoms with E-state index in [1.54, 1.807) is 19.2 Å². The van der Waals surface area contributed by atoms with Crippen molar-refractivity contribution in [3.63, 3.8) is 0 Å². The van der Waals surface area contributed by atoms with Gasteiger partial charge >= 0.3 is 6.03 Å². The number of hydrogen-bond donors (Lipinski definition) is 2. The number of carbonyl (C=O) groups excluding carboxylic acids is 1. The molecule has 110 valence electrons. The molecule has 0 aromatic heterocycles. The molecule has 1 aliphatic rings. The summed E-state index contributed by atoms with van der Waals surface area (Å²) in [6, 6.07) is 4.85. The average Bonchev–Trinajstić information content (AvgIpc) is 2.46. The minimum Gasteiger partial charge on any atom is -0.495 e. The van der Waals surface area contributed by atoms with Crippen LogP contribution in [0.5, 0.6) is 5.75 Å². The number of hydroxylamine groups is 1. The number of methoxy groups -OCH3 is 1. The van der Waals surface area contributed by atoms with Gasteiger partial charge < -0.3 is 14.8 Å². The van der Waals surface area contributed by atoms with Gasteiger partial charge in [-0.3, -0.25) is 0 Å². The zero-order chi connectivity index (χ0) is 14.4. The van der Waals surface area contributed by atoms with Gasteiger partial charge in [0.1, 0.15) is 5.75 Å². The number of anilines is 1. The number of carbonyl (C=O) groups is 1. The van der Waals surface area contributed by atoms with Crippen LogP contribution in [0.15, 0.2) is 22.7 Å². The standard InChI is InChI=1S/C13H17BrN2O4/c1-18-11-6-5-9(14)8-10(11)15-13(17)16-20-12-4-2-3-7-19-12/h5-6,8,12H,2-4,7H2,1H3,(H2,15,16,17). The van der Waals surface area contributed by atoms with Gasteiger partial charge in [-0.05, 0) is 31.0 Å². The van der Waals surface area contributed by atoms with Crippen molar-refractivity contribution in [2.75, 3.05) is 19.0 Å². The average molecular weight is 345 g/mol. The van der Waals surface area contributed by atoms with E-state index in [4.69, 9.17) is 14.3 Å². The number of nitrogens with one attached hydrogen (secondary N) is 2. The van der Waals surface area contributed by atoms with Gasteiger partial charge in [0.2, 0.25) is 0 Å². The van der Waals surface area contributed by atoms with Crippen molar-refractivity contribution in [3.05, 3.63) is 22.7 Å². The summed E-state index contributed by atoms with van der Waals surface area (Å²) in [6.07, 6.45) is 2.47. The molecule has 1 aromatic carbocycles. The smallest absolute Gasteiger partial charge is 0.343 e. The number of rotatable bonds is 4. The van der Waals surface area contributed by atoms with Crippen LogP contribution in [0.4, 0.5) is 10.5 Å². The quantitative estimate of drug-likeness (QED) is 0.823. The Morgan fingerprint density at radius 3 is 3.00 bits per heavy atom. The number of ether oxygens (including phenoxy) is 2. The second-order valence-electron chi connectivity index (χ2n) is 4.31. The van der Waals surface area contributed by atoms with Crippen molar-refractivity contribution in [2.45, 2.75) is 25.6 Å². The van der Waals surface area contributed by atoms with Crippen LogP contribution in [0.25, 0.3) is 0 Å². The topological polar surface area (TPSA) is 68.8 Å². The van der Waals surface area contributed by atoms with Gasteiger partial charge in [-0.2, -0.15) is 0 Å². The first-order chi connectivity index (χ1) is 9.69. The molecule has 0 spiro atoms. The maximum atomic E-state index is 11.8. The Balaban J connectivity index is 1.86. The van der Waals surface area contributed by atoms with Gasteiger partial charge in [0, 0.05) is 17.5 Å². The van der Waals surface area contributed by atoms with E-state index in [-0.39, 0.29) is 6.29 Å². The molecule has 0 radical (unpaired) electrons. The summed E-state index contributed by atoms with van der Waals surface area (Å²) in [4.78, 5) is 16.9. The maximum Gasteiger partial charge on any atom is 0.343 e. The molecule has 1 heterocycles. The van der Waals surface area contributed by atoms with Crippen molar-refractivity contribution >= 4 is 27.6 Å². The van der Waals surface area contributed by atoms with E-state index < -0.39 is 6.03 Å². The van der Waals surface area contributed by atoms with Crippen molar-refractivity contribution in [1.82, 2.24) is 5.48 Å². The molecule has 1 aromatic rings. The normalized spacial score (nSPS) is 18.4. The minimum absolute atomic E-state index is 0.376. The van der Waals surface area contributed by atoms with Gasteiger partial charge in [-0.1, -0.05) is 15.9 Å². The summed E-state index contributed by atoms with van der Waals surface area (Å²) in [7, 11) is 1.54. The molecular weight excluding hydrogens is 328 g/mol. The van der Waals surface area contributed by atoms with E-state index >= 15 is 0 Å². The third-order valence-corrected chi connectivity index (χ3v) is 3.32.